The van der Waals surface area contributed by atoms with Gasteiger partial charge in [-0.05, 0) is 42.5 Å². The van der Waals surface area contributed by atoms with Crippen LogP contribution in [0.5, 0.6) is 17.2 Å². The third-order valence-corrected chi connectivity index (χ3v) is 2.76. The molecular weight excluding hydrogens is 242 g/mol. The van der Waals surface area contributed by atoms with Gasteiger partial charge in [-0.3, -0.25) is 0 Å². The Morgan fingerprint density at radius 3 is 2.21 bits per heavy atom. The Morgan fingerprint density at radius 1 is 0.895 bits per heavy atom. The molecule has 0 atom stereocenters. The largest absolute Gasteiger partial charge is 0.497 e. The maximum Gasteiger partial charge on any atom is 0.125 e. The molecule has 2 aromatic rings. The summed E-state index contributed by atoms with van der Waals surface area (Å²) in [5.74, 6) is 2.34. The zero-order valence-corrected chi connectivity index (χ0v) is 11.1. The molecular formula is C15H17NO3. The summed E-state index contributed by atoms with van der Waals surface area (Å²) in [5, 5.41) is 0. The van der Waals surface area contributed by atoms with E-state index in [0.29, 0.717) is 12.3 Å². The van der Waals surface area contributed by atoms with Crippen molar-refractivity contribution in [1.82, 2.24) is 0 Å². The molecule has 0 aromatic heterocycles. The molecule has 19 heavy (non-hydrogen) atoms. The zero-order valence-electron chi connectivity index (χ0n) is 11.1. The molecule has 0 aliphatic heterocycles. The molecule has 0 amide bonds. The Kier molecular flexibility index (Phi) is 4.13. The minimum atomic E-state index is 0.403. The van der Waals surface area contributed by atoms with Crippen molar-refractivity contribution in [3.63, 3.8) is 0 Å². The molecule has 0 saturated heterocycles. The van der Waals surface area contributed by atoms with Gasteiger partial charge in [0, 0.05) is 11.3 Å². The molecule has 100 valence electrons. The molecule has 0 bridgehead atoms. The van der Waals surface area contributed by atoms with Crippen molar-refractivity contribution in [2.45, 2.75) is 6.61 Å². The SMILES string of the molecule is COc1ccc(OCc2cc(N)ccc2OC)cc1. The molecule has 4 nitrogen and oxygen atoms in total. The van der Waals surface area contributed by atoms with Crippen LogP contribution in [-0.4, -0.2) is 14.2 Å². The van der Waals surface area contributed by atoms with E-state index < -0.39 is 0 Å². The maximum atomic E-state index is 5.76. The molecule has 0 heterocycles. The van der Waals surface area contributed by atoms with Gasteiger partial charge in [0.2, 0.25) is 0 Å². The molecule has 0 aliphatic rings. The quantitative estimate of drug-likeness (QED) is 0.839. The summed E-state index contributed by atoms with van der Waals surface area (Å²) < 4.78 is 16.1. The van der Waals surface area contributed by atoms with Crippen molar-refractivity contribution in [3.8, 4) is 17.2 Å². The van der Waals surface area contributed by atoms with E-state index in [0.717, 1.165) is 22.8 Å². The molecule has 4 heteroatoms. The standard InChI is InChI=1S/C15H17NO3/c1-17-13-4-6-14(7-5-13)19-10-11-9-12(16)3-8-15(11)18-2/h3-9H,10,16H2,1-2H3. The average Bonchev–Trinajstić information content (AvgIpc) is 2.46. The highest BCUT2D eigenvalue weighted by Crippen LogP contribution is 2.24. The summed E-state index contributed by atoms with van der Waals surface area (Å²) in [4.78, 5) is 0. The van der Waals surface area contributed by atoms with Gasteiger partial charge in [-0.25, -0.2) is 0 Å². The number of nitrogens with two attached hydrogens (primary N) is 1. The lowest BCUT2D eigenvalue weighted by Crippen LogP contribution is -2.00. The highest BCUT2D eigenvalue weighted by Gasteiger charge is 2.04. The first kappa shape index (κ1) is 13.1. The molecule has 2 N–H and O–H groups in total. The van der Waals surface area contributed by atoms with Crippen LogP contribution in [0, 0.1) is 0 Å². The van der Waals surface area contributed by atoms with Crippen LogP contribution in [0.15, 0.2) is 42.5 Å². The fourth-order valence-corrected chi connectivity index (χ4v) is 1.74. The van der Waals surface area contributed by atoms with Gasteiger partial charge < -0.3 is 19.9 Å². The topological polar surface area (TPSA) is 53.7 Å². The van der Waals surface area contributed by atoms with Crippen molar-refractivity contribution in [1.29, 1.82) is 0 Å². The normalized spacial score (nSPS) is 10.0. The first-order valence-corrected chi connectivity index (χ1v) is 5.92. The number of hydrogen-bond donors (Lipinski definition) is 1. The Labute approximate surface area is 112 Å². The molecule has 0 radical (unpaired) electrons. The molecule has 2 aromatic carbocycles. The fraction of sp³-hybridized carbons (Fsp3) is 0.200. The Balaban J connectivity index is 2.07. The predicted octanol–water partition coefficient (Wildman–Crippen LogP) is 2.87. The molecule has 2 rings (SSSR count). The van der Waals surface area contributed by atoms with Crippen LogP contribution in [0.3, 0.4) is 0 Å². The third kappa shape index (κ3) is 3.31. The number of benzene rings is 2. The first-order chi connectivity index (χ1) is 9.22. The van der Waals surface area contributed by atoms with Crippen LogP contribution in [0.25, 0.3) is 0 Å². The average molecular weight is 259 g/mol. The van der Waals surface area contributed by atoms with Gasteiger partial charge in [0.25, 0.3) is 0 Å². The number of ether oxygens (including phenoxy) is 3. The van der Waals surface area contributed by atoms with E-state index in [9.17, 15) is 0 Å². The Bertz CT molecular complexity index is 538. The van der Waals surface area contributed by atoms with Crippen molar-refractivity contribution >= 4 is 5.69 Å². The second kappa shape index (κ2) is 6.00. The van der Waals surface area contributed by atoms with Crippen LogP contribution in [-0.2, 0) is 6.61 Å². The lowest BCUT2D eigenvalue weighted by molar-refractivity contribution is 0.296. The Morgan fingerprint density at radius 2 is 1.58 bits per heavy atom. The van der Waals surface area contributed by atoms with E-state index in [4.69, 9.17) is 19.9 Å². The van der Waals surface area contributed by atoms with E-state index in [1.165, 1.54) is 0 Å². The van der Waals surface area contributed by atoms with Crippen molar-refractivity contribution in [2.75, 3.05) is 20.0 Å². The minimum absolute atomic E-state index is 0.403. The van der Waals surface area contributed by atoms with E-state index in [1.807, 2.05) is 36.4 Å². The molecule has 0 spiro atoms. The smallest absolute Gasteiger partial charge is 0.125 e. The summed E-state index contributed by atoms with van der Waals surface area (Å²) in [6.07, 6.45) is 0. The van der Waals surface area contributed by atoms with Gasteiger partial charge in [-0.2, -0.15) is 0 Å². The van der Waals surface area contributed by atoms with Gasteiger partial charge in [0.15, 0.2) is 0 Å². The highest BCUT2D eigenvalue weighted by atomic mass is 16.5. The van der Waals surface area contributed by atoms with E-state index in [-0.39, 0.29) is 0 Å². The Hall–Kier alpha value is -2.36. The summed E-state index contributed by atoms with van der Waals surface area (Å²) in [7, 11) is 3.26. The predicted molar refractivity (Wildman–Crippen MR) is 74.7 cm³/mol. The van der Waals surface area contributed by atoms with Gasteiger partial charge in [0.05, 0.1) is 14.2 Å². The summed E-state index contributed by atoms with van der Waals surface area (Å²) in [5.41, 5.74) is 7.37. The van der Waals surface area contributed by atoms with Crippen molar-refractivity contribution in [3.05, 3.63) is 48.0 Å². The third-order valence-electron chi connectivity index (χ3n) is 2.76. The van der Waals surface area contributed by atoms with Crippen LogP contribution in [0.4, 0.5) is 5.69 Å². The summed E-state index contributed by atoms with van der Waals surface area (Å²) >= 11 is 0. The van der Waals surface area contributed by atoms with Gasteiger partial charge in [-0.15, -0.1) is 0 Å². The molecule has 0 fully saturated rings. The number of nitrogen functional groups attached to an aromatic ring is 1. The fourth-order valence-electron chi connectivity index (χ4n) is 1.74. The highest BCUT2D eigenvalue weighted by molar-refractivity contribution is 5.47. The second-order valence-corrected chi connectivity index (χ2v) is 4.04. The first-order valence-electron chi connectivity index (χ1n) is 5.92. The molecule has 0 aliphatic carbocycles. The summed E-state index contributed by atoms with van der Waals surface area (Å²) in [6, 6.07) is 12.9. The lowest BCUT2D eigenvalue weighted by Gasteiger charge is -2.11. The monoisotopic (exact) mass is 259 g/mol. The van der Waals surface area contributed by atoms with E-state index in [1.54, 1.807) is 20.3 Å². The number of hydrogen-bond acceptors (Lipinski definition) is 4. The van der Waals surface area contributed by atoms with Crippen LogP contribution in [0.2, 0.25) is 0 Å². The van der Waals surface area contributed by atoms with Gasteiger partial charge >= 0.3 is 0 Å². The second-order valence-electron chi connectivity index (χ2n) is 4.04. The van der Waals surface area contributed by atoms with Crippen molar-refractivity contribution in [2.24, 2.45) is 0 Å². The van der Waals surface area contributed by atoms with Crippen molar-refractivity contribution < 1.29 is 14.2 Å². The van der Waals surface area contributed by atoms with Gasteiger partial charge in [0.1, 0.15) is 23.9 Å². The number of methoxy groups -OCH3 is 2. The van der Waals surface area contributed by atoms with E-state index >= 15 is 0 Å². The molecule has 0 unspecified atom stereocenters. The van der Waals surface area contributed by atoms with Crippen LogP contribution >= 0.6 is 0 Å². The van der Waals surface area contributed by atoms with E-state index in [2.05, 4.69) is 0 Å². The van der Waals surface area contributed by atoms with Gasteiger partial charge in [-0.1, -0.05) is 0 Å². The van der Waals surface area contributed by atoms with Crippen LogP contribution < -0.4 is 19.9 Å². The lowest BCUT2D eigenvalue weighted by atomic mass is 10.2. The number of rotatable bonds is 5. The molecule has 0 saturated carbocycles. The minimum Gasteiger partial charge on any atom is -0.497 e. The van der Waals surface area contributed by atoms with Crippen LogP contribution in [0.1, 0.15) is 5.56 Å². The summed E-state index contributed by atoms with van der Waals surface area (Å²) in [6.45, 7) is 0.403. The zero-order chi connectivity index (χ0) is 13.7. The number of anilines is 1. The maximum absolute atomic E-state index is 5.76.